The van der Waals surface area contributed by atoms with E-state index >= 15 is 0 Å². The largest absolute Gasteiger partial charge is 0.354 e. The van der Waals surface area contributed by atoms with Crippen LogP contribution in [-0.2, 0) is 0 Å². The highest BCUT2D eigenvalue weighted by Crippen LogP contribution is 2.34. The monoisotopic (exact) mass is 295 g/mol. The van der Waals surface area contributed by atoms with Crippen molar-refractivity contribution in [3.63, 3.8) is 0 Å². The molecule has 0 radical (unpaired) electrons. The summed E-state index contributed by atoms with van der Waals surface area (Å²) in [4.78, 5) is 21.3. The second-order valence-electron chi connectivity index (χ2n) is 6.25. The molecule has 21 heavy (non-hydrogen) atoms. The summed E-state index contributed by atoms with van der Waals surface area (Å²) < 4.78 is 0. The summed E-state index contributed by atoms with van der Waals surface area (Å²) in [7, 11) is 1.83. The van der Waals surface area contributed by atoms with Crippen molar-refractivity contribution in [1.29, 1.82) is 0 Å². The highest BCUT2D eigenvalue weighted by Gasteiger charge is 2.31. The Morgan fingerprint density at radius 3 is 2.38 bits per heavy atom. The number of hydrogen-bond donors (Lipinski definition) is 1. The highest BCUT2D eigenvalue weighted by atomic mass is 16.6. The zero-order valence-electron chi connectivity index (χ0n) is 13.9. The van der Waals surface area contributed by atoms with Gasteiger partial charge in [-0.2, -0.15) is 4.98 Å². The number of aromatic nitrogens is 2. The van der Waals surface area contributed by atoms with E-state index in [2.05, 4.69) is 36.1 Å². The van der Waals surface area contributed by atoms with Gasteiger partial charge in [0.2, 0.25) is 11.8 Å². The van der Waals surface area contributed by atoms with Gasteiger partial charge in [0, 0.05) is 19.6 Å². The Balaban J connectivity index is 3.40. The Labute approximate surface area is 125 Å². The van der Waals surface area contributed by atoms with E-state index in [9.17, 15) is 10.1 Å². The topological polar surface area (TPSA) is 84.2 Å². The van der Waals surface area contributed by atoms with Crippen LogP contribution in [-0.4, -0.2) is 34.5 Å². The van der Waals surface area contributed by atoms with Gasteiger partial charge >= 0.3 is 5.69 Å². The van der Waals surface area contributed by atoms with Crippen molar-refractivity contribution in [2.45, 2.75) is 47.6 Å². The van der Waals surface area contributed by atoms with Crippen molar-refractivity contribution >= 4 is 17.5 Å². The first kappa shape index (κ1) is 17.1. The molecule has 118 valence electrons. The molecule has 0 aromatic carbocycles. The molecule has 1 atom stereocenters. The Hall–Kier alpha value is -1.92. The van der Waals surface area contributed by atoms with Crippen LogP contribution in [0, 0.1) is 22.5 Å². The molecular formula is C14H25N5O2. The minimum atomic E-state index is -0.410. The van der Waals surface area contributed by atoms with E-state index in [1.54, 1.807) is 6.92 Å². The van der Waals surface area contributed by atoms with Crippen LogP contribution in [0.15, 0.2) is 0 Å². The molecule has 0 bridgehead atoms. The highest BCUT2D eigenvalue weighted by molar-refractivity contribution is 5.62. The molecule has 1 heterocycles. The van der Waals surface area contributed by atoms with Crippen molar-refractivity contribution < 1.29 is 4.92 Å². The van der Waals surface area contributed by atoms with Crippen LogP contribution < -0.4 is 10.2 Å². The summed E-state index contributed by atoms with van der Waals surface area (Å²) in [6.45, 7) is 12.6. The molecule has 1 aromatic rings. The average Bonchev–Trinajstić information content (AvgIpc) is 2.35. The van der Waals surface area contributed by atoms with Crippen LogP contribution in [0.1, 0.15) is 40.3 Å². The lowest BCUT2D eigenvalue weighted by Gasteiger charge is -2.35. The molecule has 0 amide bonds. The summed E-state index contributed by atoms with van der Waals surface area (Å²) in [6.07, 6.45) is 0. The maximum atomic E-state index is 11.4. The summed E-state index contributed by atoms with van der Waals surface area (Å²) in [6, 6.07) is 0.0833. The Kier molecular flexibility index (Phi) is 5.09. The van der Waals surface area contributed by atoms with Gasteiger partial charge in [0.15, 0.2) is 0 Å². The fourth-order valence-corrected chi connectivity index (χ4v) is 2.01. The normalized spacial score (nSPS) is 12.9. The number of aryl methyl sites for hydroxylation is 1. The molecule has 0 aliphatic carbocycles. The van der Waals surface area contributed by atoms with Gasteiger partial charge in [-0.25, -0.2) is 4.98 Å². The van der Waals surface area contributed by atoms with Gasteiger partial charge in [0.05, 0.1) is 4.92 Å². The molecule has 0 fully saturated rings. The Bertz CT molecular complexity index is 525. The molecule has 7 heteroatoms. The molecule has 0 saturated heterocycles. The first-order valence-corrected chi connectivity index (χ1v) is 7.09. The molecule has 0 aliphatic rings. The first-order valence-electron chi connectivity index (χ1n) is 7.09. The summed E-state index contributed by atoms with van der Waals surface area (Å²) in [5, 5.41) is 14.4. The first-order chi connectivity index (χ1) is 9.59. The van der Waals surface area contributed by atoms with Gasteiger partial charge in [0.1, 0.15) is 5.69 Å². The molecule has 1 rings (SSSR count). The third-order valence-electron chi connectivity index (χ3n) is 3.73. The summed E-state index contributed by atoms with van der Waals surface area (Å²) >= 11 is 0. The average molecular weight is 295 g/mol. The molecule has 0 saturated carbocycles. The Morgan fingerprint density at radius 1 is 1.38 bits per heavy atom. The van der Waals surface area contributed by atoms with Crippen LogP contribution in [0.5, 0.6) is 0 Å². The maximum Gasteiger partial charge on any atom is 0.332 e. The third kappa shape index (κ3) is 3.80. The lowest BCUT2D eigenvalue weighted by Crippen LogP contribution is -2.40. The number of anilines is 2. The zero-order chi connectivity index (χ0) is 16.4. The third-order valence-corrected chi connectivity index (χ3v) is 3.73. The number of nitrogens with zero attached hydrogens (tertiary/aromatic N) is 4. The van der Waals surface area contributed by atoms with Gasteiger partial charge in [-0.1, -0.05) is 20.8 Å². The van der Waals surface area contributed by atoms with Gasteiger partial charge in [-0.05, 0) is 26.2 Å². The van der Waals surface area contributed by atoms with E-state index in [1.807, 2.05) is 25.8 Å². The minimum Gasteiger partial charge on any atom is -0.354 e. The summed E-state index contributed by atoms with van der Waals surface area (Å²) in [5.41, 5.74) is 0.309. The number of rotatable bonds is 5. The van der Waals surface area contributed by atoms with E-state index < -0.39 is 4.92 Å². The SMILES string of the molecule is CCNc1nc(C)c([N+](=O)[O-])c(N(C)C(C)C(C)(C)C)n1. The smallest absolute Gasteiger partial charge is 0.332 e. The van der Waals surface area contributed by atoms with Crippen LogP contribution in [0.3, 0.4) is 0 Å². The molecule has 7 nitrogen and oxygen atoms in total. The molecule has 0 aliphatic heterocycles. The quantitative estimate of drug-likeness (QED) is 0.664. The van der Waals surface area contributed by atoms with Gasteiger partial charge in [-0.15, -0.1) is 0 Å². The Morgan fingerprint density at radius 2 is 1.95 bits per heavy atom. The van der Waals surface area contributed by atoms with Gasteiger partial charge < -0.3 is 10.2 Å². The van der Waals surface area contributed by atoms with E-state index in [0.29, 0.717) is 24.0 Å². The molecule has 1 aromatic heterocycles. The second kappa shape index (κ2) is 6.24. The second-order valence-corrected chi connectivity index (χ2v) is 6.25. The fourth-order valence-electron chi connectivity index (χ4n) is 2.01. The lowest BCUT2D eigenvalue weighted by molar-refractivity contribution is -0.385. The maximum absolute atomic E-state index is 11.4. The molecule has 1 N–H and O–H groups in total. The predicted octanol–water partition coefficient (Wildman–Crippen LogP) is 3.00. The minimum absolute atomic E-state index is 0.0280. The van der Waals surface area contributed by atoms with E-state index in [1.165, 1.54) is 0 Å². The van der Waals surface area contributed by atoms with E-state index in [-0.39, 0.29) is 17.1 Å². The number of nitro groups is 1. The standard InChI is InChI=1S/C14H25N5O2/c1-8-15-13-16-9(2)11(19(20)21)12(17-13)18(7)10(3)14(4,5)6/h10H,8H2,1-7H3,(H,15,16,17). The van der Waals surface area contributed by atoms with Gasteiger partial charge in [0.25, 0.3) is 0 Å². The van der Waals surface area contributed by atoms with Crippen molar-refractivity contribution in [3.05, 3.63) is 15.8 Å². The van der Waals surface area contributed by atoms with Crippen molar-refractivity contribution in [3.8, 4) is 0 Å². The number of hydrogen-bond acceptors (Lipinski definition) is 6. The van der Waals surface area contributed by atoms with Crippen LogP contribution >= 0.6 is 0 Å². The zero-order valence-corrected chi connectivity index (χ0v) is 13.9. The lowest BCUT2D eigenvalue weighted by atomic mass is 9.87. The summed E-state index contributed by atoms with van der Waals surface area (Å²) in [5.74, 6) is 0.773. The number of nitrogens with one attached hydrogen (secondary N) is 1. The van der Waals surface area contributed by atoms with E-state index in [4.69, 9.17) is 0 Å². The molecule has 1 unspecified atom stereocenters. The van der Waals surface area contributed by atoms with Crippen molar-refractivity contribution in [2.75, 3.05) is 23.8 Å². The van der Waals surface area contributed by atoms with Gasteiger partial charge in [-0.3, -0.25) is 10.1 Å². The van der Waals surface area contributed by atoms with Crippen LogP contribution in [0.4, 0.5) is 17.5 Å². The van der Waals surface area contributed by atoms with Crippen LogP contribution in [0.2, 0.25) is 0 Å². The molecular weight excluding hydrogens is 270 g/mol. The van der Waals surface area contributed by atoms with Crippen molar-refractivity contribution in [1.82, 2.24) is 9.97 Å². The molecule has 0 spiro atoms. The van der Waals surface area contributed by atoms with Crippen molar-refractivity contribution in [2.24, 2.45) is 5.41 Å². The fraction of sp³-hybridized carbons (Fsp3) is 0.714. The van der Waals surface area contributed by atoms with Crippen LogP contribution in [0.25, 0.3) is 0 Å². The predicted molar refractivity (Wildman–Crippen MR) is 84.9 cm³/mol. The van der Waals surface area contributed by atoms with E-state index in [0.717, 1.165) is 0 Å².